The highest BCUT2D eigenvalue weighted by Crippen LogP contribution is 2.28. The zero-order chi connectivity index (χ0) is 18.8. The highest BCUT2D eigenvalue weighted by molar-refractivity contribution is 7.09. The van der Waals surface area contributed by atoms with Gasteiger partial charge in [-0.1, -0.05) is 18.2 Å². The third-order valence-electron chi connectivity index (χ3n) is 5.11. The fourth-order valence-electron chi connectivity index (χ4n) is 3.76. The van der Waals surface area contributed by atoms with Crippen LogP contribution in [0.1, 0.15) is 33.9 Å². The number of likely N-dealkylation sites (tertiary alicyclic amines) is 1. The van der Waals surface area contributed by atoms with Crippen LogP contribution in [0.2, 0.25) is 0 Å². The molecule has 27 heavy (non-hydrogen) atoms. The molecule has 3 aromatic rings. The lowest BCUT2D eigenvalue weighted by molar-refractivity contribution is 0.0731. The summed E-state index contributed by atoms with van der Waals surface area (Å²) in [5.41, 5.74) is 3.65. The zero-order valence-electron chi connectivity index (χ0n) is 15.6. The maximum absolute atomic E-state index is 13.1. The first kappa shape index (κ1) is 17.8. The van der Waals surface area contributed by atoms with E-state index in [1.54, 1.807) is 18.4 Å². The number of carbonyl (C=O) groups is 1. The Morgan fingerprint density at radius 2 is 2.26 bits per heavy atom. The van der Waals surface area contributed by atoms with Gasteiger partial charge >= 0.3 is 0 Å². The minimum absolute atomic E-state index is 0.0607. The molecule has 3 heterocycles. The number of rotatable bonds is 5. The number of nitrogens with zero attached hydrogens (tertiary/aromatic N) is 2. The molecule has 0 saturated carbocycles. The maximum atomic E-state index is 13.1. The molecule has 4 rings (SSSR count). The van der Waals surface area contributed by atoms with Crippen LogP contribution >= 0.6 is 11.3 Å². The highest BCUT2D eigenvalue weighted by Gasteiger charge is 2.30. The number of aryl methyl sites for hydroxylation is 1. The van der Waals surface area contributed by atoms with Crippen LogP contribution in [0.25, 0.3) is 11.3 Å². The molecule has 0 spiro atoms. The number of ether oxygens (including phenoxy) is 1. The lowest BCUT2D eigenvalue weighted by Gasteiger charge is -2.25. The molecule has 1 aromatic carbocycles. The first-order valence-corrected chi connectivity index (χ1v) is 10.1. The Balaban J connectivity index is 1.52. The second-order valence-electron chi connectivity index (χ2n) is 6.86. The fourth-order valence-corrected chi connectivity index (χ4v) is 4.38. The average Bonchev–Trinajstić information content (AvgIpc) is 3.42. The van der Waals surface area contributed by atoms with Crippen LogP contribution in [0, 0.1) is 6.92 Å². The monoisotopic (exact) mass is 381 g/mol. The number of carbonyl (C=O) groups excluding carboxylic acids is 1. The Morgan fingerprint density at radius 1 is 1.41 bits per heavy atom. The van der Waals surface area contributed by atoms with E-state index >= 15 is 0 Å². The van der Waals surface area contributed by atoms with Crippen molar-refractivity contribution in [3.05, 3.63) is 58.2 Å². The highest BCUT2D eigenvalue weighted by atomic mass is 32.1. The number of hydrogen-bond acceptors (Lipinski definition) is 4. The smallest absolute Gasteiger partial charge is 0.270 e. The van der Waals surface area contributed by atoms with Crippen molar-refractivity contribution in [3.63, 3.8) is 0 Å². The molecular weight excluding hydrogens is 358 g/mol. The van der Waals surface area contributed by atoms with E-state index in [9.17, 15) is 4.79 Å². The number of thiazole rings is 1. The van der Waals surface area contributed by atoms with Crippen LogP contribution in [0.4, 0.5) is 0 Å². The third kappa shape index (κ3) is 3.62. The Morgan fingerprint density at radius 3 is 3.04 bits per heavy atom. The maximum Gasteiger partial charge on any atom is 0.270 e. The third-order valence-corrected chi connectivity index (χ3v) is 5.89. The van der Waals surface area contributed by atoms with Gasteiger partial charge in [0.1, 0.15) is 11.4 Å². The molecule has 1 fully saturated rings. The summed E-state index contributed by atoms with van der Waals surface area (Å²) in [6, 6.07) is 10.2. The van der Waals surface area contributed by atoms with Gasteiger partial charge < -0.3 is 14.6 Å². The van der Waals surface area contributed by atoms with Crippen LogP contribution in [-0.2, 0) is 6.42 Å². The molecule has 5 nitrogen and oxygen atoms in total. The van der Waals surface area contributed by atoms with Crippen molar-refractivity contribution in [1.82, 2.24) is 14.9 Å². The van der Waals surface area contributed by atoms with Gasteiger partial charge in [-0.3, -0.25) is 4.79 Å². The number of amides is 1. The van der Waals surface area contributed by atoms with Crippen LogP contribution in [-0.4, -0.2) is 40.5 Å². The van der Waals surface area contributed by atoms with E-state index in [0.717, 1.165) is 53.4 Å². The molecule has 2 aromatic heterocycles. The molecule has 0 aliphatic carbocycles. The summed E-state index contributed by atoms with van der Waals surface area (Å²) in [6.45, 7) is 2.78. The van der Waals surface area contributed by atoms with Crippen molar-refractivity contribution in [2.75, 3.05) is 13.7 Å². The van der Waals surface area contributed by atoms with Crippen LogP contribution in [0.5, 0.6) is 5.75 Å². The van der Waals surface area contributed by atoms with E-state index in [1.807, 2.05) is 47.7 Å². The van der Waals surface area contributed by atoms with Gasteiger partial charge in [-0.25, -0.2) is 4.98 Å². The Bertz CT molecular complexity index is 946. The van der Waals surface area contributed by atoms with E-state index < -0.39 is 0 Å². The Kier molecular flexibility index (Phi) is 4.99. The number of aromatic amines is 1. The summed E-state index contributed by atoms with van der Waals surface area (Å²) < 4.78 is 5.47. The van der Waals surface area contributed by atoms with Crippen molar-refractivity contribution in [2.45, 2.75) is 32.2 Å². The van der Waals surface area contributed by atoms with Crippen molar-refractivity contribution >= 4 is 17.2 Å². The summed E-state index contributed by atoms with van der Waals surface area (Å²) in [5.74, 6) is 0.948. The predicted molar refractivity (Wildman–Crippen MR) is 107 cm³/mol. The minimum atomic E-state index is 0.0607. The molecule has 6 heteroatoms. The molecule has 1 aliphatic rings. The van der Waals surface area contributed by atoms with Crippen LogP contribution in [0.3, 0.4) is 0 Å². The van der Waals surface area contributed by atoms with Crippen molar-refractivity contribution in [1.29, 1.82) is 0 Å². The normalized spacial score (nSPS) is 16.7. The van der Waals surface area contributed by atoms with Gasteiger partial charge in [0.25, 0.3) is 5.91 Å². The van der Waals surface area contributed by atoms with E-state index in [4.69, 9.17) is 4.74 Å². The number of aromatic nitrogens is 2. The second-order valence-corrected chi connectivity index (χ2v) is 7.93. The SMILES string of the molecule is COc1ccccc1C[C@H]1CCCN1C(=O)c1cc(-c2csc(C)n2)c[nH]1. The largest absolute Gasteiger partial charge is 0.496 e. The lowest BCUT2D eigenvalue weighted by atomic mass is 10.0. The number of hydrogen-bond donors (Lipinski definition) is 1. The van der Waals surface area contributed by atoms with Gasteiger partial charge in [0.2, 0.25) is 0 Å². The topological polar surface area (TPSA) is 58.2 Å². The summed E-state index contributed by atoms with van der Waals surface area (Å²) in [5, 5.41) is 3.04. The molecule has 1 aliphatic heterocycles. The van der Waals surface area contributed by atoms with Crippen molar-refractivity contribution in [3.8, 4) is 17.0 Å². The van der Waals surface area contributed by atoms with E-state index in [2.05, 4.69) is 16.0 Å². The van der Waals surface area contributed by atoms with Gasteiger partial charge in [0.05, 0.1) is 17.8 Å². The van der Waals surface area contributed by atoms with Gasteiger partial charge in [0.15, 0.2) is 0 Å². The molecule has 140 valence electrons. The number of H-pyrrole nitrogens is 1. The lowest BCUT2D eigenvalue weighted by Crippen LogP contribution is -2.37. The second kappa shape index (κ2) is 7.56. The standard InChI is InChI=1S/C21H23N3O2S/c1-14-23-19(13-27-14)16-11-18(22-12-16)21(25)24-9-5-7-17(24)10-15-6-3-4-8-20(15)26-2/h3-4,6,8,11-13,17,22H,5,7,9-10H2,1-2H3/t17-/m1/s1. The van der Waals surface area contributed by atoms with Gasteiger partial charge in [-0.05, 0) is 43.9 Å². The minimum Gasteiger partial charge on any atom is -0.496 e. The first-order chi connectivity index (χ1) is 13.2. The number of para-hydroxylation sites is 1. The molecule has 0 unspecified atom stereocenters. The van der Waals surface area contributed by atoms with Crippen LogP contribution in [0.15, 0.2) is 41.9 Å². The molecule has 1 saturated heterocycles. The Labute approximate surface area is 163 Å². The van der Waals surface area contributed by atoms with Crippen molar-refractivity contribution in [2.24, 2.45) is 0 Å². The summed E-state index contributed by atoms with van der Waals surface area (Å²) in [7, 11) is 1.69. The molecular formula is C21H23N3O2S. The number of benzene rings is 1. The molecule has 0 bridgehead atoms. The first-order valence-electron chi connectivity index (χ1n) is 9.19. The van der Waals surface area contributed by atoms with Gasteiger partial charge in [-0.15, -0.1) is 11.3 Å². The summed E-state index contributed by atoms with van der Waals surface area (Å²) in [6.07, 6.45) is 4.73. The number of nitrogens with one attached hydrogen (secondary N) is 1. The molecule has 0 radical (unpaired) electrons. The van der Waals surface area contributed by atoms with Gasteiger partial charge in [-0.2, -0.15) is 0 Å². The summed E-state index contributed by atoms with van der Waals surface area (Å²) >= 11 is 1.62. The quantitative estimate of drug-likeness (QED) is 0.717. The molecule has 1 N–H and O–H groups in total. The van der Waals surface area contributed by atoms with E-state index in [0.29, 0.717) is 5.69 Å². The average molecular weight is 382 g/mol. The predicted octanol–water partition coefficient (Wildman–Crippen LogP) is 4.30. The van der Waals surface area contributed by atoms with E-state index in [-0.39, 0.29) is 11.9 Å². The summed E-state index contributed by atoms with van der Waals surface area (Å²) in [4.78, 5) is 22.7. The van der Waals surface area contributed by atoms with E-state index in [1.165, 1.54) is 0 Å². The molecule has 1 atom stereocenters. The molecule has 1 amide bonds. The zero-order valence-corrected chi connectivity index (χ0v) is 16.4. The van der Waals surface area contributed by atoms with Gasteiger partial charge in [0, 0.05) is 29.7 Å². The fraction of sp³-hybridized carbons (Fsp3) is 0.333. The Hall–Kier alpha value is -2.60. The number of methoxy groups -OCH3 is 1. The van der Waals surface area contributed by atoms with Crippen LogP contribution < -0.4 is 4.74 Å². The van der Waals surface area contributed by atoms with Crippen molar-refractivity contribution < 1.29 is 9.53 Å².